The molecule has 0 atom stereocenters. The van der Waals surface area contributed by atoms with Gasteiger partial charge in [0.25, 0.3) is 0 Å². The summed E-state index contributed by atoms with van der Waals surface area (Å²) in [6.45, 7) is 4.37. The number of carboxylic acids is 1. The van der Waals surface area contributed by atoms with Crippen LogP contribution in [0.15, 0.2) is 43.0 Å². The number of nitrogens with zero attached hydrogens (tertiary/aromatic N) is 1. The molecule has 0 unspecified atom stereocenters. The zero-order valence-electron chi connectivity index (χ0n) is 11.3. The summed E-state index contributed by atoms with van der Waals surface area (Å²) in [5.41, 5.74) is 0.971. The minimum atomic E-state index is -0.871. The molecule has 20 heavy (non-hydrogen) atoms. The van der Waals surface area contributed by atoms with Gasteiger partial charge in [-0.15, -0.1) is 0 Å². The molecule has 5 nitrogen and oxygen atoms in total. The molecule has 1 aromatic carbocycles. The Morgan fingerprint density at radius 1 is 1.30 bits per heavy atom. The molecule has 0 radical (unpaired) electrons. The Morgan fingerprint density at radius 2 is 2.00 bits per heavy atom. The summed E-state index contributed by atoms with van der Waals surface area (Å²) in [6.07, 6.45) is 1.46. The van der Waals surface area contributed by atoms with Gasteiger partial charge in [-0.2, -0.15) is 0 Å². The van der Waals surface area contributed by atoms with Gasteiger partial charge in [0.15, 0.2) is 0 Å². The van der Waals surface area contributed by atoms with E-state index in [0.717, 1.165) is 5.56 Å². The van der Waals surface area contributed by atoms with Crippen molar-refractivity contribution in [3.05, 3.63) is 48.6 Å². The van der Waals surface area contributed by atoms with E-state index in [1.165, 1.54) is 11.0 Å². The second-order valence-electron chi connectivity index (χ2n) is 4.27. The Bertz CT molecular complexity index is 444. The highest BCUT2D eigenvalue weighted by Crippen LogP contribution is 2.08. The van der Waals surface area contributed by atoms with Crippen molar-refractivity contribution in [2.24, 2.45) is 0 Å². The predicted octanol–water partition coefficient (Wildman–Crippen LogP) is 2.68. The first-order chi connectivity index (χ1) is 9.63. The molecule has 0 aromatic heterocycles. The van der Waals surface area contributed by atoms with Gasteiger partial charge in [0.2, 0.25) is 0 Å². The molecule has 1 amide bonds. The molecule has 1 N–H and O–H groups in total. The fraction of sp³-hybridized carbons (Fsp3) is 0.333. The van der Waals surface area contributed by atoms with Crippen molar-refractivity contribution in [1.29, 1.82) is 0 Å². The average Bonchev–Trinajstić information content (AvgIpc) is 2.44. The van der Waals surface area contributed by atoms with E-state index in [2.05, 4.69) is 6.58 Å². The number of amides is 1. The first kappa shape index (κ1) is 15.8. The van der Waals surface area contributed by atoms with Gasteiger partial charge >= 0.3 is 12.1 Å². The van der Waals surface area contributed by atoms with E-state index in [1.54, 1.807) is 0 Å². The number of carboxylic acid groups (broad SMARTS) is 1. The summed E-state index contributed by atoms with van der Waals surface area (Å²) in [4.78, 5) is 23.9. The molecule has 5 heteroatoms. The van der Waals surface area contributed by atoms with Crippen molar-refractivity contribution in [1.82, 2.24) is 4.90 Å². The number of hydrogen-bond acceptors (Lipinski definition) is 3. The van der Waals surface area contributed by atoms with E-state index in [4.69, 9.17) is 9.84 Å². The van der Waals surface area contributed by atoms with Gasteiger partial charge in [0, 0.05) is 19.5 Å². The van der Waals surface area contributed by atoms with Crippen LogP contribution in [0.2, 0.25) is 0 Å². The molecule has 0 heterocycles. The number of aliphatic carboxylic acids is 1. The SMILES string of the molecule is C=CCOC(=O)N(CCCC(=O)O)Cc1ccccc1. The zero-order valence-corrected chi connectivity index (χ0v) is 11.3. The molecule has 0 aliphatic carbocycles. The molecule has 0 saturated heterocycles. The maximum absolute atomic E-state index is 11.9. The van der Waals surface area contributed by atoms with E-state index >= 15 is 0 Å². The third-order valence-electron chi connectivity index (χ3n) is 2.62. The highest BCUT2D eigenvalue weighted by Gasteiger charge is 2.15. The van der Waals surface area contributed by atoms with Crippen LogP contribution in [0.25, 0.3) is 0 Å². The normalized spacial score (nSPS) is 9.80. The van der Waals surface area contributed by atoms with Crippen molar-refractivity contribution >= 4 is 12.1 Å². The molecule has 0 fully saturated rings. The summed E-state index contributed by atoms with van der Waals surface area (Å²) in [6, 6.07) is 9.49. The van der Waals surface area contributed by atoms with E-state index < -0.39 is 12.1 Å². The van der Waals surface area contributed by atoms with E-state index in [-0.39, 0.29) is 13.0 Å². The van der Waals surface area contributed by atoms with Gasteiger partial charge < -0.3 is 14.7 Å². The number of rotatable bonds is 8. The second kappa shape index (κ2) is 8.74. The number of benzene rings is 1. The number of ether oxygens (including phenoxy) is 1. The highest BCUT2D eigenvalue weighted by molar-refractivity contribution is 5.68. The maximum atomic E-state index is 11.9. The Morgan fingerprint density at radius 3 is 2.60 bits per heavy atom. The molecule has 108 valence electrons. The van der Waals surface area contributed by atoms with Crippen LogP contribution in [0.5, 0.6) is 0 Å². The third-order valence-corrected chi connectivity index (χ3v) is 2.62. The van der Waals surface area contributed by atoms with Crippen molar-refractivity contribution in [2.45, 2.75) is 19.4 Å². The summed E-state index contributed by atoms with van der Waals surface area (Å²) >= 11 is 0. The summed E-state index contributed by atoms with van der Waals surface area (Å²) in [5, 5.41) is 8.65. The van der Waals surface area contributed by atoms with Gasteiger partial charge in [0.1, 0.15) is 6.61 Å². The van der Waals surface area contributed by atoms with Gasteiger partial charge in [-0.3, -0.25) is 4.79 Å². The molecule has 0 aliphatic heterocycles. The lowest BCUT2D eigenvalue weighted by Crippen LogP contribution is -2.32. The van der Waals surface area contributed by atoms with Crippen molar-refractivity contribution < 1.29 is 19.4 Å². The van der Waals surface area contributed by atoms with Gasteiger partial charge in [-0.05, 0) is 12.0 Å². The largest absolute Gasteiger partial charge is 0.481 e. The lowest BCUT2D eigenvalue weighted by atomic mass is 10.2. The molecule has 1 aromatic rings. The molecule has 0 saturated carbocycles. The molecular formula is C15H19NO4. The van der Waals surface area contributed by atoms with Crippen LogP contribution in [0.1, 0.15) is 18.4 Å². The number of hydrogen-bond donors (Lipinski definition) is 1. The molecule has 0 bridgehead atoms. The topological polar surface area (TPSA) is 66.8 Å². The van der Waals surface area contributed by atoms with Gasteiger partial charge in [-0.1, -0.05) is 43.0 Å². The third kappa shape index (κ3) is 6.04. The second-order valence-corrected chi connectivity index (χ2v) is 4.27. The monoisotopic (exact) mass is 277 g/mol. The van der Waals surface area contributed by atoms with E-state index in [0.29, 0.717) is 19.5 Å². The smallest absolute Gasteiger partial charge is 0.410 e. The van der Waals surface area contributed by atoms with Crippen LogP contribution in [0, 0.1) is 0 Å². The molecule has 0 aliphatic rings. The lowest BCUT2D eigenvalue weighted by molar-refractivity contribution is -0.137. The summed E-state index contributed by atoms with van der Waals surface area (Å²) < 4.78 is 5.00. The van der Waals surface area contributed by atoms with Crippen LogP contribution in [-0.2, 0) is 16.1 Å². The summed E-state index contributed by atoms with van der Waals surface area (Å²) in [5.74, 6) is -0.871. The van der Waals surface area contributed by atoms with Gasteiger partial charge in [0.05, 0.1) is 0 Å². The highest BCUT2D eigenvalue weighted by atomic mass is 16.6. The molecule has 1 rings (SSSR count). The van der Waals surface area contributed by atoms with E-state index in [1.807, 2.05) is 30.3 Å². The maximum Gasteiger partial charge on any atom is 0.410 e. The Kier molecular flexibility index (Phi) is 6.89. The number of carbonyl (C=O) groups excluding carboxylic acids is 1. The first-order valence-electron chi connectivity index (χ1n) is 6.42. The Balaban J connectivity index is 2.60. The minimum Gasteiger partial charge on any atom is -0.481 e. The van der Waals surface area contributed by atoms with Crippen molar-refractivity contribution in [2.75, 3.05) is 13.2 Å². The minimum absolute atomic E-state index is 0.0278. The fourth-order valence-corrected chi connectivity index (χ4v) is 1.68. The predicted molar refractivity (Wildman–Crippen MR) is 75.3 cm³/mol. The standard InChI is InChI=1S/C15H19NO4/c1-2-11-20-15(19)16(10-6-9-14(17)18)12-13-7-4-3-5-8-13/h2-5,7-8H,1,6,9-12H2,(H,17,18). The zero-order chi connectivity index (χ0) is 14.8. The van der Waals surface area contributed by atoms with Gasteiger partial charge in [-0.25, -0.2) is 4.79 Å². The Labute approximate surface area is 118 Å². The summed E-state index contributed by atoms with van der Waals surface area (Å²) in [7, 11) is 0. The van der Waals surface area contributed by atoms with Crippen molar-refractivity contribution in [3.8, 4) is 0 Å². The number of carbonyl (C=O) groups is 2. The van der Waals surface area contributed by atoms with Crippen LogP contribution < -0.4 is 0 Å². The average molecular weight is 277 g/mol. The van der Waals surface area contributed by atoms with Crippen molar-refractivity contribution in [3.63, 3.8) is 0 Å². The quantitative estimate of drug-likeness (QED) is 0.742. The van der Waals surface area contributed by atoms with Crippen LogP contribution in [-0.4, -0.2) is 35.2 Å². The van der Waals surface area contributed by atoms with E-state index in [9.17, 15) is 9.59 Å². The van der Waals surface area contributed by atoms with Crippen LogP contribution >= 0.6 is 0 Å². The molecule has 0 spiro atoms. The first-order valence-corrected chi connectivity index (χ1v) is 6.42. The lowest BCUT2D eigenvalue weighted by Gasteiger charge is -2.21. The van der Waals surface area contributed by atoms with Crippen LogP contribution in [0.3, 0.4) is 0 Å². The fourth-order valence-electron chi connectivity index (χ4n) is 1.68. The Hall–Kier alpha value is -2.30. The molecular weight excluding hydrogens is 258 g/mol. The van der Waals surface area contributed by atoms with Crippen LogP contribution in [0.4, 0.5) is 4.79 Å².